The maximum absolute atomic E-state index is 10.8. The fourth-order valence-corrected chi connectivity index (χ4v) is 3.47. The summed E-state index contributed by atoms with van der Waals surface area (Å²) >= 11 is 7.20. The number of hydrogen-bond acceptors (Lipinski definition) is 7. The normalized spacial score (nSPS) is 10.8. The van der Waals surface area contributed by atoms with Crippen molar-refractivity contribution in [1.82, 2.24) is 24.7 Å². The molecule has 0 fully saturated rings. The van der Waals surface area contributed by atoms with E-state index in [1.807, 2.05) is 47.0 Å². The summed E-state index contributed by atoms with van der Waals surface area (Å²) in [6, 6.07) is 17.3. The molecule has 0 amide bonds. The van der Waals surface area contributed by atoms with E-state index in [4.69, 9.17) is 11.6 Å². The van der Waals surface area contributed by atoms with E-state index in [9.17, 15) is 10.1 Å². The molecule has 0 aliphatic rings. The Labute approximate surface area is 174 Å². The Morgan fingerprint density at radius 1 is 1.00 bits per heavy atom. The fourth-order valence-electron chi connectivity index (χ4n) is 2.62. The lowest BCUT2D eigenvalue weighted by Gasteiger charge is -2.10. The van der Waals surface area contributed by atoms with Gasteiger partial charge in [0.1, 0.15) is 12.4 Å². The van der Waals surface area contributed by atoms with E-state index in [0.29, 0.717) is 27.7 Å². The zero-order valence-corrected chi connectivity index (χ0v) is 16.4. The maximum Gasteiger partial charge on any atom is 0.305 e. The number of aromatic nitrogens is 5. The van der Waals surface area contributed by atoms with E-state index in [1.165, 1.54) is 24.2 Å². The summed E-state index contributed by atoms with van der Waals surface area (Å²) in [6.07, 6.45) is 2.35. The van der Waals surface area contributed by atoms with E-state index in [2.05, 4.69) is 20.2 Å². The van der Waals surface area contributed by atoms with Gasteiger partial charge >= 0.3 is 5.69 Å². The highest BCUT2D eigenvalue weighted by atomic mass is 35.5. The first-order valence-corrected chi connectivity index (χ1v) is 9.67. The molecule has 2 aromatic heterocycles. The molecule has 0 saturated carbocycles. The molecular weight excluding hydrogens is 412 g/mol. The molecule has 0 N–H and O–H groups in total. The molecule has 2 heterocycles. The molecule has 4 rings (SSSR count). The van der Waals surface area contributed by atoms with Crippen LogP contribution in [0.1, 0.15) is 5.56 Å². The lowest BCUT2D eigenvalue weighted by molar-refractivity contribution is -0.385. The van der Waals surface area contributed by atoms with E-state index in [1.54, 1.807) is 12.1 Å². The quantitative estimate of drug-likeness (QED) is 0.255. The Balaban J connectivity index is 1.70. The predicted molar refractivity (Wildman–Crippen MR) is 109 cm³/mol. The van der Waals surface area contributed by atoms with Crippen molar-refractivity contribution in [2.45, 2.75) is 16.9 Å². The van der Waals surface area contributed by atoms with E-state index in [-0.39, 0.29) is 5.69 Å². The molecule has 0 spiro atoms. The standard InChI is InChI=1S/C19H13ClN6O2S/c20-15-8-6-14(7-9-15)17-23-24-19(25(17)12-13-4-2-1-3-5-13)29-18-21-10-16(11-22-18)26(27)28/h1-11H,12H2. The number of hydrogen-bond donors (Lipinski definition) is 0. The van der Waals surface area contributed by atoms with Gasteiger partial charge in [0, 0.05) is 10.6 Å². The van der Waals surface area contributed by atoms with Crippen molar-refractivity contribution in [2.75, 3.05) is 0 Å². The first-order chi connectivity index (χ1) is 14.1. The summed E-state index contributed by atoms with van der Waals surface area (Å²) in [5, 5.41) is 21.0. The smallest absolute Gasteiger partial charge is 0.297 e. The molecule has 4 aromatic rings. The number of nitrogens with zero attached hydrogens (tertiary/aromatic N) is 6. The van der Waals surface area contributed by atoms with Crippen molar-refractivity contribution in [1.29, 1.82) is 0 Å². The van der Waals surface area contributed by atoms with Crippen LogP contribution < -0.4 is 0 Å². The van der Waals surface area contributed by atoms with Crippen LogP contribution in [0.25, 0.3) is 11.4 Å². The van der Waals surface area contributed by atoms with Gasteiger partial charge in [-0.15, -0.1) is 10.2 Å². The van der Waals surface area contributed by atoms with Gasteiger partial charge in [0.05, 0.1) is 11.5 Å². The van der Waals surface area contributed by atoms with Gasteiger partial charge in [-0.3, -0.25) is 14.7 Å². The molecular formula is C19H13ClN6O2S. The second-order valence-corrected chi connectivity index (χ2v) is 7.34. The highest BCUT2D eigenvalue weighted by molar-refractivity contribution is 7.99. The monoisotopic (exact) mass is 424 g/mol. The minimum absolute atomic E-state index is 0.165. The van der Waals surface area contributed by atoms with Gasteiger partial charge in [0.2, 0.25) is 0 Å². The van der Waals surface area contributed by atoms with Crippen molar-refractivity contribution in [3.8, 4) is 11.4 Å². The molecule has 2 aromatic carbocycles. The lowest BCUT2D eigenvalue weighted by atomic mass is 10.2. The third-order valence-corrected chi connectivity index (χ3v) is 5.14. The van der Waals surface area contributed by atoms with Crippen LogP contribution in [0.5, 0.6) is 0 Å². The largest absolute Gasteiger partial charge is 0.305 e. The number of benzene rings is 2. The van der Waals surface area contributed by atoms with Gasteiger partial charge in [-0.25, -0.2) is 9.97 Å². The molecule has 8 nitrogen and oxygen atoms in total. The Morgan fingerprint density at radius 2 is 1.69 bits per heavy atom. The summed E-state index contributed by atoms with van der Waals surface area (Å²) in [5.41, 5.74) is 1.78. The molecule has 0 bridgehead atoms. The first-order valence-electron chi connectivity index (χ1n) is 8.47. The average molecular weight is 425 g/mol. The minimum atomic E-state index is -0.537. The van der Waals surface area contributed by atoms with Crippen molar-refractivity contribution in [3.05, 3.63) is 87.7 Å². The van der Waals surface area contributed by atoms with Crippen LogP contribution in [0.15, 0.2) is 77.3 Å². The molecule has 0 saturated heterocycles. The fraction of sp³-hybridized carbons (Fsp3) is 0.0526. The van der Waals surface area contributed by atoms with Crippen molar-refractivity contribution in [2.24, 2.45) is 0 Å². The van der Waals surface area contributed by atoms with E-state index >= 15 is 0 Å². The van der Waals surface area contributed by atoms with Gasteiger partial charge in [-0.1, -0.05) is 41.9 Å². The molecule has 10 heteroatoms. The highest BCUT2D eigenvalue weighted by Crippen LogP contribution is 2.29. The first kappa shape index (κ1) is 19.0. The zero-order valence-electron chi connectivity index (χ0n) is 14.8. The van der Waals surface area contributed by atoms with Crippen molar-refractivity contribution in [3.63, 3.8) is 0 Å². The van der Waals surface area contributed by atoms with Gasteiger partial charge in [-0.2, -0.15) is 0 Å². The van der Waals surface area contributed by atoms with Gasteiger partial charge < -0.3 is 0 Å². The summed E-state index contributed by atoms with van der Waals surface area (Å²) in [4.78, 5) is 18.4. The van der Waals surface area contributed by atoms with Crippen LogP contribution in [-0.2, 0) is 6.54 Å². The molecule has 29 heavy (non-hydrogen) atoms. The molecule has 0 aliphatic heterocycles. The van der Waals surface area contributed by atoms with Crippen LogP contribution in [0.2, 0.25) is 5.02 Å². The summed E-state index contributed by atoms with van der Waals surface area (Å²) < 4.78 is 1.95. The summed E-state index contributed by atoms with van der Waals surface area (Å²) in [6.45, 7) is 0.543. The Bertz CT molecular complexity index is 1130. The predicted octanol–water partition coefficient (Wildman–Crippen LogP) is 4.50. The SMILES string of the molecule is O=[N+]([O-])c1cnc(Sc2nnc(-c3ccc(Cl)cc3)n2Cc2ccccc2)nc1. The molecule has 0 unspecified atom stereocenters. The second kappa shape index (κ2) is 8.38. The number of nitro groups is 1. The maximum atomic E-state index is 10.8. The Hall–Kier alpha value is -3.30. The van der Waals surface area contributed by atoms with Crippen LogP contribution >= 0.6 is 23.4 Å². The van der Waals surface area contributed by atoms with E-state index in [0.717, 1.165) is 11.1 Å². The van der Waals surface area contributed by atoms with Gasteiger partial charge in [0.15, 0.2) is 16.1 Å². The molecule has 144 valence electrons. The van der Waals surface area contributed by atoms with Gasteiger partial charge in [-0.05, 0) is 41.6 Å². The topological polar surface area (TPSA) is 99.6 Å². The molecule has 0 aliphatic carbocycles. The van der Waals surface area contributed by atoms with Crippen molar-refractivity contribution < 1.29 is 4.92 Å². The Morgan fingerprint density at radius 3 is 2.34 bits per heavy atom. The molecule has 0 radical (unpaired) electrons. The van der Waals surface area contributed by atoms with Crippen LogP contribution in [0.3, 0.4) is 0 Å². The summed E-state index contributed by atoms with van der Waals surface area (Å²) in [5.74, 6) is 0.676. The third-order valence-electron chi connectivity index (χ3n) is 4.01. The Kier molecular flexibility index (Phi) is 5.50. The molecule has 0 atom stereocenters. The third kappa shape index (κ3) is 4.41. The number of rotatable bonds is 6. The summed E-state index contributed by atoms with van der Waals surface area (Å²) in [7, 11) is 0. The zero-order chi connectivity index (χ0) is 20.2. The number of halogens is 1. The highest BCUT2D eigenvalue weighted by Gasteiger charge is 2.17. The van der Waals surface area contributed by atoms with Crippen LogP contribution in [0.4, 0.5) is 5.69 Å². The average Bonchev–Trinajstić information content (AvgIpc) is 3.12. The van der Waals surface area contributed by atoms with Gasteiger partial charge in [0.25, 0.3) is 0 Å². The lowest BCUT2D eigenvalue weighted by Crippen LogP contribution is -2.04. The van der Waals surface area contributed by atoms with Crippen LogP contribution in [-0.4, -0.2) is 29.7 Å². The minimum Gasteiger partial charge on any atom is -0.297 e. The van der Waals surface area contributed by atoms with Crippen molar-refractivity contribution >= 4 is 29.1 Å². The second-order valence-electron chi connectivity index (χ2n) is 5.97. The van der Waals surface area contributed by atoms with Crippen LogP contribution in [0, 0.1) is 10.1 Å². The van der Waals surface area contributed by atoms with E-state index < -0.39 is 4.92 Å².